The second kappa shape index (κ2) is 6.44. The van der Waals surface area contributed by atoms with Gasteiger partial charge in [0.05, 0.1) is 16.8 Å². The second-order valence-electron chi connectivity index (χ2n) is 4.36. The van der Waals surface area contributed by atoms with Gasteiger partial charge in [0.2, 0.25) is 0 Å². The summed E-state index contributed by atoms with van der Waals surface area (Å²) >= 11 is 9.34. The maximum Gasteiger partial charge on any atom is 0.119 e. The molecule has 0 aliphatic heterocycles. The van der Waals surface area contributed by atoms with Gasteiger partial charge in [0, 0.05) is 23.7 Å². The van der Waals surface area contributed by atoms with Gasteiger partial charge in [-0.3, -0.25) is 4.68 Å². The van der Waals surface area contributed by atoms with Crippen molar-refractivity contribution in [3.05, 3.63) is 45.1 Å². The number of hydrogen-bond donors (Lipinski definition) is 0. The van der Waals surface area contributed by atoms with Crippen molar-refractivity contribution >= 4 is 27.5 Å². The van der Waals surface area contributed by atoms with E-state index in [2.05, 4.69) is 28.0 Å². The van der Waals surface area contributed by atoms with Crippen LogP contribution < -0.4 is 4.74 Å². The van der Waals surface area contributed by atoms with Gasteiger partial charge in [0.15, 0.2) is 0 Å². The molecular formula is C14H16BrClN2O. The average Bonchev–Trinajstić information content (AvgIpc) is 2.64. The summed E-state index contributed by atoms with van der Waals surface area (Å²) in [6.07, 6.45) is 0.914. The number of hydrogen-bond acceptors (Lipinski definition) is 2. The molecule has 0 radical (unpaired) electrons. The normalized spacial score (nSPS) is 10.7. The molecule has 0 bridgehead atoms. The van der Waals surface area contributed by atoms with Crippen LogP contribution in [0.1, 0.15) is 17.8 Å². The van der Waals surface area contributed by atoms with E-state index in [4.69, 9.17) is 16.3 Å². The predicted molar refractivity (Wildman–Crippen MR) is 81.0 cm³/mol. The van der Waals surface area contributed by atoms with Gasteiger partial charge in [-0.25, -0.2) is 0 Å². The molecule has 0 fully saturated rings. The van der Waals surface area contributed by atoms with Crippen molar-refractivity contribution in [2.75, 3.05) is 6.61 Å². The van der Waals surface area contributed by atoms with E-state index >= 15 is 0 Å². The van der Waals surface area contributed by atoms with Crippen LogP contribution in [-0.4, -0.2) is 16.4 Å². The van der Waals surface area contributed by atoms with Crippen molar-refractivity contribution in [1.82, 2.24) is 9.78 Å². The molecule has 102 valence electrons. The summed E-state index contributed by atoms with van der Waals surface area (Å²) in [7, 11) is 0. The monoisotopic (exact) mass is 342 g/mol. The fourth-order valence-corrected chi connectivity index (χ4v) is 2.24. The van der Waals surface area contributed by atoms with E-state index in [0.717, 1.165) is 39.6 Å². The molecule has 1 aromatic carbocycles. The first-order chi connectivity index (χ1) is 9.08. The summed E-state index contributed by atoms with van der Waals surface area (Å²) in [5.41, 5.74) is 2.18. The van der Waals surface area contributed by atoms with Crippen molar-refractivity contribution in [1.29, 1.82) is 0 Å². The minimum Gasteiger partial charge on any atom is -0.494 e. The van der Waals surface area contributed by atoms with Crippen LogP contribution in [0.3, 0.4) is 0 Å². The summed E-state index contributed by atoms with van der Waals surface area (Å²) in [6.45, 7) is 5.57. The lowest BCUT2D eigenvalue weighted by Gasteiger charge is -2.07. The van der Waals surface area contributed by atoms with Gasteiger partial charge in [-0.05, 0) is 54.0 Å². The van der Waals surface area contributed by atoms with Crippen molar-refractivity contribution in [2.24, 2.45) is 0 Å². The zero-order chi connectivity index (χ0) is 13.8. The molecule has 1 aromatic heterocycles. The molecule has 0 spiro atoms. The Hall–Kier alpha value is -1.000. The molecule has 19 heavy (non-hydrogen) atoms. The molecule has 0 atom stereocenters. The summed E-state index contributed by atoms with van der Waals surface area (Å²) in [4.78, 5) is 0. The average molecular weight is 344 g/mol. The minimum atomic E-state index is 0.664. The van der Waals surface area contributed by atoms with E-state index in [9.17, 15) is 0 Å². The molecule has 2 aromatic rings. The van der Waals surface area contributed by atoms with Gasteiger partial charge in [0.25, 0.3) is 0 Å². The maximum absolute atomic E-state index is 5.82. The molecular weight excluding hydrogens is 328 g/mol. The molecule has 0 saturated heterocycles. The Bertz CT molecular complexity index is 551. The van der Waals surface area contributed by atoms with Crippen LogP contribution in [-0.2, 0) is 6.54 Å². The first-order valence-electron chi connectivity index (χ1n) is 6.16. The van der Waals surface area contributed by atoms with Crippen LogP contribution in [0.2, 0.25) is 5.02 Å². The lowest BCUT2D eigenvalue weighted by atomic mass is 10.3. The fraction of sp³-hybridized carbons (Fsp3) is 0.357. The number of aromatic nitrogens is 2. The molecule has 5 heteroatoms. The number of aryl methyl sites for hydroxylation is 2. The largest absolute Gasteiger partial charge is 0.494 e. The zero-order valence-electron chi connectivity index (χ0n) is 11.0. The molecule has 0 aliphatic carbocycles. The highest BCUT2D eigenvalue weighted by atomic mass is 79.9. The molecule has 0 saturated carbocycles. The number of halogens is 2. The van der Waals surface area contributed by atoms with Crippen molar-refractivity contribution in [3.8, 4) is 5.75 Å². The fourth-order valence-electron chi connectivity index (χ4n) is 1.83. The summed E-state index contributed by atoms with van der Waals surface area (Å²) < 4.78 is 8.74. The van der Waals surface area contributed by atoms with E-state index in [1.54, 1.807) is 0 Å². The Morgan fingerprint density at radius 1 is 1.26 bits per heavy atom. The Kier molecular flexibility index (Phi) is 4.88. The summed E-state index contributed by atoms with van der Waals surface area (Å²) in [5, 5.41) is 5.18. The molecule has 0 amide bonds. The predicted octanol–water partition coefficient (Wildman–Crippen LogP) is 4.38. The van der Waals surface area contributed by atoms with Crippen LogP contribution in [0.5, 0.6) is 5.75 Å². The molecule has 0 aliphatic rings. The van der Waals surface area contributed by atoms with Gasteiger partial charge >= 0.3 is 0 Å². The highest BCUT2D eigenvalue weighted by Gasteiger charge is 2.07. The Labute approximate surface area is 126 Å². The number of nitrogens with zero attached hydrogens (tertiary/aromatic N) is 2. The molecule has 2 rings (SSSR count). The van der Waals surface area contributed by atoms with Crippen molar-refractivity contribution in [2.45, 2.75) is 26.8 Å². The number of rotatable bonds is 5. The minimum absolute atomic E-state index is 0.664. The molecule has 1 heterocycles. The topological polar surface area (TPSA) is 27.1 Å². The third kappa shape index (κ3) is 3.74. The smallest absolute Gasteiger partial charge is 0.119 e. The Morgan fingerprint density at radius 3 is 2.53 bits per heavy atom. The first-order valence-corrected chi connectivity index (χ1v) is 7.33. The maximum atomic E-state index is 5.82. The standard InChI is InChI=1S/C14H16BrClN2O/c1-10-14(15)11(2)18(17-10)8-3-9-19-13-6-4-12(16)5-7-13/h4-7H,3,8-9H2,1-2H3. The van der Waals surface area contributed by atoms with E-state index < -0.39 is 0 Å². The van der Waals surface area contributed by atoms with Crippen molar-refractivity contribution < 1.29 is 4.74 Å². The Balaban J connectivity index is 1.80. The van der Waals surface area contributed by atoms with Gasteiger partial charge in [0.1, 0.15) is 5.75 Å². The second-order valence-corrected chi connectivity index (χ2v) is 5.59. The first kappa shape index (κ1) is 14.4. The highest BCUT2D eigenvalue weighted by Crippen LogP contribution is 2.20. The lowest BCUT2D eigenvalue weighted by Crippen LogP contribution is -2.07. The third-order valence-electron chi connectivity index (χ3n) is 2.89. The third-order valence-corrected chi connectivity index (χ3v) is 4.29. The zero-order valence-corrected chi connectivity index (χ0v) is 13.3. The summed E-state index contributed by atoms with van der Waals surface area (Å²) in [6, 6.07) is 7.41. The van der Waals surface area contributed by atoms with Crippen molar-refractivity contribution in [3.63, 3.8) is 0 Å². The van der Waals surface area contributed by atoms with E-state index in [-0.39, 0.29) is 0 Å². The van der Waals surface area contributed by atoms with E-state index in [1.807, 2.05) is 35.9 Å². The molecule has 0 N–H and O–H groups in total. The van der Waals surface area contributed by atoms with Gasteiger partial charge in [-0.1, -0.05) is 11.6 Å². The Morgan fingerprint density at radius 2 is 1.95 bits per heavy atom. The van der Waals surface area contributed by atoms with Gasteiger partial charge in [-0.15, -0.1) is 0 Å². The molecule has 0 unspecified atom stereocenters. The van der Waals surface area contributed by atoms with E-state index in [1.165, 1.54) is 0 Å². The highest BCUT2D eigenvalue weighted by molar-refractivity contribution is 9.10. The number of benzene rings is 1. The van der Waals surface area contributed by atoms with Gasteiger partial charge < -0.3 is 4.74 Å². The van der Waals surface area contributed by atoms with E-state index in [0.29, 0.717) is 6.61 Å². The quantitative estimate of drug-likeness (QED) is 0.753. The van der Waals surface area contributed by atoms with Crippen LogP contribution >= 0.6 is 27.5 Å². The van der Waals surface area contributed by atoms with Crippen LogP contribution in [0.25, 0.3) is 0 Å². The van der Waals surface area contributed by atoms with Gasteiger partial charge in [-0.2, -0.15) is 5.10 Å². The lowest BCUT2D eigenvalue weighted by molar-refractivity contribution is 0.298. The van der Waals surface area contributed by atoms with Crippen LogP contribution in [0.4, 0.5) is 0 Å². The number of ether oxygens (including phenoxy) is 1. The molecule has 3 nitrogen and oxygen atoms in total. The van der Waals surface area contributed by atoms with Crippen LogP contribution in [0.15, 0.2) is 28.7 Å². The summed E-state index contributed by atoms with van der Waals surface area (Å²) in [5.74, 6) is 0.846. The SMILES string of the molecule is Cc1nn(CCCOc2ccc(Cl)cc2)c(C)c1Br. The van der Waals surface area contributed by atoms with Crippen LogP contribution in [0, 0.1) is 13.8 Å².